The molecule has 0 heterocycles. The van der Waals surface area contributed by atoms with E-state index in [0.29, 0.717) is 32.2 Å². The molecule has 22 heavy (non-hydrogen) atoms. The monoisotopic (exact) mass is 326 g/mol. The molecular weight excluding hydrogens is 300 g/mol. The second-order valence-corrected chi connectivity index (χ2v) is 5.77. The average Bonchev–Trinajstić information content (AvgIpc) is 3.00. The molecule has 1 fully saturated rings. The van der Waals surface area contributed by atoms with E-state index in [2.05, 4.69) is 12.1 Å². The number of ether oxygens (including phenoxy) is 1. The number of amides is 1. The van der Waals surface area contributed by atoms with Gasteiger partial charge in [-0.15, -0.1) is 12.4 Å². The van der Waals surface area contributed by atoms with Crippen LogP contribution in [0.5, 0.6) is 0 Å². The van der Waals surface area contributed by atoms with Gasteiger partial charge in [-0.1, -0.05) is 36.8 Å². The number of halogens is 1. The molecule has 124 valence electrons. The summed E-state index contributed by atoms with van der Waals surface area (Å²) in [5.41, 5.74) is 6.98. The van der Waals surface area contributed by atoms with E-state index >= 15 is 0 Å². The maximum atomic E-state index is 12.8. The van der Waals surface area contributed by atoms with Gasteiger partial charge in [0.05, 0.1) is 6.61 Å². The predicted octanol–water partition coefficient (Wildman–Crippen LogP) is 2.46. The van der Waals surface area contributed by atoms with Crippen molar-refractivity contribution in [1.29, 1.82) is 0 Å². The molecular formula is C17H27ClN2O2. The molecule has 0 aromatic heterocycles. The number of hydrogen-bond acceptors (Lipinski definition) is 3. The molecule has 5 heteroatoms. The number of carbonyl (C=O) groups excluding carboxylic acids is 1. The number of nitrogens with two attached hydrogens (primary N) is 1. The molecule has 0 spiro atoms. The lowest BCUT2D eigenvalue weighted by Crippen LogP contribution is -2.40. The van der Waals surface area contributed by atoms with Gasteiger partial charge in [-0.3, -0.25) is 4.79 Å². The topological polar surface area (TPSA) is 55.6 Å². The zero-order chi connectivity index (χ0) is 15.1. The van der Waals surface area contributed by atoms with Crippen molar-refractivity contribution in [3.05, 3.63) is 35.9 Å². The van der Waals surface area contributed by atoms with Crippen LogP contribution in [0.2, 0.25) is 0 Å². The number of rotatable bonds is 7. The first-order valence-electron chi connectivity index (χ1n) is 7.78. The molecule has 2 rings (SSSR count). The van der Waals surface area contributed by atoms with E-state index in [1.165, 1.54) is 0 Å². The summed E-state index contributed by atoms with van der Waals surface area (Å²) >= 11 is 0. The van der Waals surface area contributed by atoms with Crippen molar-refractivity contribution in [2.24, 2.45) is 17.6 Å². The Balaban J connectivity index is 0.00000242. The third-order valence-electron chi connectivity index (χ3n) is 4.37. The summed E-state index contributed by atoms with van der Waals surface area (Å²) in [6.07, 6.45) is 3.16. The van der Waals surface area contributed by atoms with Gasteiger partial charge in [-0.25, -0.2) is 0 Å². The van der Waals surface area contributed by atoms with Crippen LogP contribution >= 0.6 is 12.4 Å². The Kier molecular flexibility index (Phi) is 8.46. The Hall–Kier alpha value is -1.10. The van der Waals surface area contributed by atoms with E-state index in [1.807, 2.05) is 23.1 Å². The summed E-state index contributed by atoms with van der Waals surface area (Å²) in [5.74, 6) is 0.678. The van der Waals surface area contributed by atoms with Crippen LogP contribution in [0.15, 0.2) is 30.3 Å². The highest BCUT2D eigenvalue weighted by Crippen LogP contribution is 2.32. The van der Waals surface area contributed by atoms with Crippen LogP contribution in [0.4, 0.5) is 0 Å². The minimum absolute atomic E-state index is 0. The summed E-state index contributed by atoms with van der Waals surface area (Å²) in [7, 11) is 1.67. The van der Waals surface area contributed by atoms with E-state index in [-0.39, 0.29) is 24.2 Å². The van der Waals surface area contributed by atoms with Gasteiger partial charge in [-0.05, 0) is 30.9 Å². The van der Waals surface area contributed by atoms with Crippen molar-refractivity contribution in [2.45, 2.75) is 25.8 Å². The molecule has 2 atom stereocenters. The first-order chi connectivity index (χ1) is 10.3. The summed E-state index contributed by atoms with van der Waals surface area (Å²) in [6.45, 7) is 2.47. The summed E-state index contributed by atoms with van der Waals surface area (Å²) in [5, 5.41) is 0. The Bertz CT molecular complexity index is 442. The standard InChI is InChI=1S/C17H26N2O2.ClH/c1-21-11-10-19(13-14-6-3-2-4-7-14)17(20)16-9-5-8-15(16)12-18;/h2-4,6-7,15-16H,5,8-13,18H2,1H3;1H/t15-,16-;/m1./s1. The number of nitrogens with zero attached hydrogens (tertiary/aromatic N) is 1. The Labute approximate surface area is 139 Å². The lowest BCUT2D eigenvalue weighted by atomic mass is 9.94. The third kappa shape index (κ3) is 4.97. The van der Waals surface area contributed by atoms with Gasteiger partial charge in [-0.2, -0.15) is 0 Å². The Morgan fingerprint density at radius 3 is 2.68 bits per heavy atom. The molecule has 0 radical (unpaired) electrons. The van der Waals surface area contributed by atoms with Gasteiger partial charge in [0.25, 0.3) is 0 Å². The van der Waals surface area contributed by atoms with E-state index in [1.54, 1.807) is 7.11 Å². The van der Waals surface area contributed by atoms with E-state index in [4.69, 9.17) is 10.5 Å². The fourth-order valence-electron chi connectivity index (χ4n) is 3.15. The first-order valence-corrected chi connectivity index (χ1v) is 7.78. The van der Waals surface area contributed by atoms with Crippen molar-refractivity contribution in [2.75, 3.05) is 26.8 Å². The highest BCUT2D eigenvalue weighted by molar-refractivity contribution is 5.85. The van der Waals surface area contributed by atoms with Crippen LogP contribution < -0.4 is 5.73 Å². The SMILES string of the molecule is COCCN(Cc1ccccc1)C(=O)[C@@H]1CCC[C@@H]1CN.Cl. The van der Waals surface area contributed by atoms with E-state index in [0.717, 1.165) is 24.8 Å². The van der Waals surface area contributed by atoms with Gasteiger partial charge < -0.3 is 15.4 Å². The minimum Gasteiger partial charge on any atom is -0.383 e. The molecule has 4 nitrogen and oxygen atoms in total. The molecule has 2 N–H and O–H groups in total. The van der Waals surface area contributed by atoms with E-state index in [9.17, 15) is 4.79 Å². The molecule has 1 aromatic carbocycles. The van der Waals surface area contributed by atoms with Gasteiger partial charge in [0.1, 0.15) is 0 Å². The van der Waals surface area contributed by atoms with Gasteiger partial charge >= 0.3 is 0 Å². The minimum atomic E-state index is 0. The van der Waals surface area contributed by atoms with Crippen LogP contribution in [0, 0.1) is 11.8 Å². The second-order valence-electron chi connectivity index (χ2n) is 5.77. The smallest absolute Gasteiger partial charge is 0.226 e. The van der Waals surface area contributed by atoms with Crippen LogP contribution in [-0.2, 0) is 16.1 Å². The largest absolute Gasteiger partial charge is 0.383 e. The Morgan fingerprint density at radius 1 is 1.32 bits per heavy atom. The highest BCUT2D eigenvalue weighted by atomic mass is 35.5. The van der Waals surface area contributed by atoms with Gasteiger partial charge in [0.2, 0.25) is 5.91 Å². The summed E-state index contributed by atoms with van der Waals surface area (Å²) < 4.78 is 5.16. The van der Waals surface area contributed by atoms with Crippen LogP contribution in [0.3, 0.4) is 0 Å². The van der Waals surface area contributed by atoms with Crippen LogP contribution in [0.1, 0.15) is 24.8 Å². The summed E-state index contributed by atoms with van der Waals surface area (Å²) in [4.78, 5) is 14.8. The third-order valence-corrected chi connectivity index (χ3v) is 4.37. The lowest BCUT2D eigenvalue weighted by molar-refractivity contribution is -0.137. The van der Waals surface area contributed by atoms with Crippen molar-refractivity contribution >= 4 is 18.3 Å². The maximum Gasteiger partial charge on any atom is 0.226 e. The molecule has 1 aliphatic rings. The van der Waals surface area contributed by atoms with Gasteiger partial charge in [0, 0.05) is 26.1 Å². The van der Waals surface area contributed by atoms with Crippen molar-refractivity contribution in [3.63, 3.8) is 0 Å². The van der Waals surface area contributed by atoms with E-state index < -0.39 is 0 Å². The molecule has 1 amide bonds. The number of hydrogen-bond donors (Lipinski definition) is 1. The number of carbonyl (C=O) groups is 1. The number of benzene rings is 1. The molecule has 0 saturated heterocycles. The maximum absolute atomic E-state index is 12.8. The van der Waals surface area contributed by atoms with Crippen LogP contribution in [0.25, 0.3) is 0 Å². The van der Waals surface area contributed by atoms with Crippen molar-refractivity contribution in [1.82, 2.24) is 4.90 Å². The molecule has 1 aromatic rings. The molecule has 0 unspecified atom stereocenters. The predicted molar refractivity (Wildman–Crippen MR) is 90.9 cm³/mol. The highest BCUT2D eigenvalue weighted by Gasteiger charge is 2.34. The zero-order valence-electron chi connectivity index (χ0n) is 13.2. The first kappa shape index (κ1) is 18.9. The number of methoxy groups -OCH3 is 1. The fraction of sp³-hybridized carbons (Fsp3) is 0.588. The van der Waals surface area contributed by atoms with Gasteiger partial charge in [0.15, 0.2) is 0 Å². The Morgan fingerprint density at radius 2 is 2.05 bits per heavy atom. The molecule has 1 saturated carbocycles. The van der Waals surface area contributed by atoms with Crippen LogP contribution in [-0.4, -0.2) is 37.6 Å². The average molecular weight is 327 g/mol. The molecule has 0 aliphatic heterocycles. The summed E-state index contributed by atoms with van der Waals surface area (Å²) in [6, 6.07) is 10.1. The normalized spacial score (nSPS) is 20.5. The zero-order valence-corrected chi connectivity index (χ0v) is 14.1. The van der Waals surface area contributed by atoms with Crippen molar-refractivity contribution in [3.8, 4) is 0 Å². The quantitative estimate of drug-likeness (QED) is 0.837. The molecule has 1 aliphatic carbocycles. The lowest BCUT2D eigenvalue weighted by Gasteiger charge is -2.28. The second kappa shape index (κ2) is 9.82. The van der Waals surface area contributed by atoms with Crippen molar-refractivity contribution < 1.29 is 9.53 Å². The fourth-order valence-corrected chi connectivity index (χ4v) is 3.15. The molecule has 0 bridgehead atoms.